The van der Waals surface area contributed by atoms with Crippen molar-refractivity contribution in [2.24, 2.45) is 0 Å². The van der Waals surface area contributed by atoms with Crippen molar-refractivity contribution >= 4 is 29.9 Å². The lowest BCUT2D eigenvalue weighted by molar-refractivity contribution is -0.128. The monoisotopic (exact) mass is 367 g/mol. The molecule has 6 nitrogen and oxygen atoms in total. The highest BCUT2D eigenvalue weighted by Crippen LogP contribution is 2.18. The summed E-state index contributed by atoms with van der Waals surface area (Å²) < 4.78 is 5.42. The van der Waals surface area contributed by atoms with E-state index in [0.717, 1.165) is 19.4 Å². The molecule has 1 aromatic carbocycles. The molecule has 0 bridgehead atoms. The van der Waals surface area contributed by atoms with Crippen molar-refractivity contribution in [1.29, 1.82) is 0 Å². The number of morpholine rings is 1. The van der Waals surface area contributed by atoms with Crippen molar-refractivity contribution in [3.63, 3.8) is 0 Å². The quantitative estimate of drug-likeness (QED) is 0.761. The minimum Gasteiger partial charge on any atom is -0.366 e. The zero-order valence-electron chi connectivity index (χ0n) is 14.3. The second-order valence-corrected chi connectivity index (χ2v) is 6.44. The molecule has 1 unspecified atom stereocenters. The number of carbonyl (C=O) groups excluding carboxylic acids is 2. The van der Waals surface area contributed by atoms with E-state index in [1.165, 1.54) is 19.3 Å². The second-order valence-electron chi connectivity index (χ2n) is 6.44. The van der Waals surface area contributed by atoms with Crippen LogP contribution in [-0.4, -0.2) is 43.7 Å². The van der Waals surface area contributed by atoms with Crippen molar-refractivity contribution in [3.05, 3.63) is 29.8 Å². The van der Waals surface area contributed by atoms with Crippen LogP contribution in [0.5, 0.6) is 0 Å². The fourth-order valence-electron chi connectivity index (χ4n) is 3.18. The maximum Gasteiger partial charge on any atom is 0.254 e. The van der Waals surface area contributed by atoms with Crippen LogP contribution < -0.4 is 16.0 Å². The van der Waals surface area contributed by atoms with Gasteiger partial charge in [-0.1, -0.05) is 19.3 Å². The highest BCUT2D eigenvalue weighted by Gasteiger charge is 2.22. The lowest BCUT2D eigenvalue weighted by Gasteiger charge is -2.23. The number of benzene rings is 1. The van der Waals surface area contributed by atoms with Crippen LogP contribution in [0.25, 0.3) is 0 Å². The largest absolute Gasteiger partial charge is 0.366 e. The fourth-order valence-corrected chi connectivity index (χ4v) is 3.18. The molecule has 2 amide bonds. The number of anilines is 1. The molecule has 1 saturated heterocycles. The summed E-state index contributed by atoms with van der Waals surface area (Å²) in [5, 5.41) is 9.04. The molecule has 138 valence electrons. The van der Waals surface area contributed by atoms with Gasteiger partial charge < -0.3 is 20.7 Å². The average molecular weight is 368 g/mol. The van der Waals surface area contributed by atoms with E-state index in [0.29, 0.717) is 30.4 Å². The van der Waals surface area contributed by atoms with Gasteiger partial charge in [-0.05, 0) is 37.1 Å². The lowest BCUT2D eigenvalue weighted by atomic mass is 9.95. The van der Waals surface area contributed by atoms with Crippen LogP contribution >= 0.6 is 12.4 Å². The van der Waals surface area contributed by atoms with Crippen LogP contribution in [0.4, 0.5) is 5.69 Å². The molecule has 1 aliphatic heterocycles. The maximum atomic E-state index is 12.3. The number of rotatable bonds is 4. The molecule has 2 fully saturated rings. The Kier molecular flexibility index (Phi) is 7.68. The van der Waals surface area contributed by atoms with Crippen LogP contribution in [0.2, 0.25) is 0 Å². The van der Waals surface area contributed by atoms with Gasteiger partial charge in [0, 0.05) is 30.4 Å². The van der Waals surface area contributed by atoms with Crippen molar-refractivity contribution in [3.8, 4) is 0 Å². The van der Waals surface area contributed by atoms with Crippen molar-refractivity contribution in [1.82, 2.24) is 10.6 Å². The molecule has 1 atom stereocenters. The molecule has 7 heteroatoms. The third-order valence-electron chi connectivity index (χ3n) is 4.58. The SMILES string of the molecule is Cl.O=C(NC1CCCCC1)c1ccc(NC(=O)C2CNCCO2)cc1. The van der Waals surface area contributed by atoms with Gasteiger partial charge in [0.25, 0.3) is 11.8 Å². The van der Waals surface area contributed by atoms with Gasteiger partial charge in [-0.25, -0.2) is 0 Å². The van der Waals surface area contributed by atoms with E-state index in [1.807, 2.05) is 0 Å². The van der Waals surface area contributed by atoms with Crippen molar-refractivity contribution in [2.75, 3.05) is 25.0 Å². The molecule has 2 aliphatic rings. The molecule has 1 aromatic rings. The van der Waals surface area contributed by atoms with Gasteiger partial charge in [0.05, 0.1) is 6.61 Å². The van der Waals surface area contributed by atoms with Gasteiger partial charge in [0.15, 0.2) is 0 Å². The van der Waals surface area contributed by atoms with E-state index < -0.39 is 6.10 Å². The topological polar surface area (TPSA) is 79.5 Å². The van der Waals surface area contributed by atoms with E-state index in [9.17, 15) is 9.59 Å². The summed E-state index contributed by atoms with van der Waals surface area (Å²) >= 11 is 0. The number of hydrogen-bond acceptors (Lipinski definition) is 4. The van der Waals surface area contributed by atoms with Gasteiger partial charge >= 0.3 is 0 Å². The van der Waals surface area contributed by atoms with Crippen molar-refractivity contribution < 1.29 is 14.3 Å². The van der Waals surface area contributed by atoms with Crippen LogP contribution in [0.15, 0.2) is 24.3 Å². The Balaban J connectivity index is 0.00000225. The predicted molar refractivity (Wildman–Crippen MR) is 99.3 cm³/mol. The minimum atomic E-state index is -0.465. The van der Waals surface area contributed by atoms with Crippen molar-refractivity contribution in [2.45, 2.75) is 44.2 Å². The zero-order chi connectivity index (χ0) is 16.8. The third kappa shape index (κ3) is 5.70. The van der Waals surface area contributed by atoms with Gasteiger partial charge in [-0.3, -0.25) is 9.59 Å². The maximum absolute atomic E-state index is 12.3. The average Bonchev–Trinajstić information content (AvgIpc) is 2.64. The first-order valence-electron chi connectivity index (χ1n) is 8.76. The summed E-state index contributed by atoms with van der Waals surface area (Å²) in [5.41, 5.74) is 1.29. The summed E-state index contributed by atoms with van der Waals surface area (Å²) in [4.78, 5) is 24.4. The third-order valence-corrected chi connectivity index (χ3v) is 4.58. The Morgan fingerprint density at radius 2 is 1.80 bits per heavy atom. The Labute approximate surface area is 154 Å². The minimum absolute atomic E-state index is 0. The number of ether oxygens (including phenoxy) is 1. The Morgan fingerprint density at radius 1 is 1.08 bits per heavy atom. The van der Waals surface area contributed by atoms with Crippen LogP contribution in [0.3, 0.4) is 0 Å². The smallest absolute Gasteiger partial charge is 0.254 e. The first kappa shape index (κ1) is 19.7. The predicted octanol–water partition coefficient (Wildman–Crippen LogP) is 2.10. The lowest BCUT2D eigenvalue weighted by Crippen LogP contribution is -2.45. The molecule has 0 spiro atoms. The van der Waals surface area contributed by atoms with E-state index in [2.05, 4.69) is 16.0 Å². The van der Waals surface area contributed by atoms with E-state index >= 15 is 0 Å². The summed E-state index contributed by atoms with van der Waals surface area (Å²) in [6.45, 7) is 1.83. The number of amides is 2. The van der Waals surface area contributed by atoms with Gasteiger partial charge in [-0.2, -0.15) is 0 Å². The number of halogens is 1. The Hall–Kier alpha value is -1.63. The van der Waals surface area contributed by atoms with E-state index in [1.54, 1.807) is 24.3 Å². The highest BCUT2D eigenvalue weighted by molar-refractivity contribution is 5.97. The first-order chi connectivity index (χ1) is 11.7. The van der Waals surface area contributed by atoms with Gasteiger partial charge in [-0.15, -0.1) is 12.4 Å². The van der Waals surface area contributed by atoms with E-state index in [-0.39, 0.29) is 24.2 Å². The Bertz CT molecular complexity index is 567. The molecule has 1 saturated carbocycles. The van der Waals surface area contributed by atoms with Gasteiger partial charge in [0.1, 0.15) is 6.10 Å². The van der Waals surface area contributed by atoms with Crippen LogP contribution in [0.1, 0.15) is 42.5 Å². The Morgan fingerprint density at radius 3 is 2.44 bits per heavy atom. The van der Waals surface area contributed by atoms with Crippen LogP contribution in [-0.2, 0) is 9.53 Å². The van der Waals surface area contributed by atoms with Crippen LogP contribution in [0, 0.1) is 0 Å². The highest BCUT2D eigenvalue weighted by atomic mass is 35.5. The molecular formula is C18H26ClN3O3. The summed E-state index contributed by atoms with van der Waals surface area (Å²) in [6.07, 6.45) is 5.31. The normalized spacial score (nSPS) is 21.0. The molecule has 1 aliphatic carbocycles. The first-order valence-corrected chi connectivity index (χ1v) is 8.76. The summed E-state index contributed by atoms with van der Waals surface area (Å²) in [5.74, 6) is -0.207. The second kappa shape index (κ2) is 9.75. The zero-order valence-corrected chi connectivity index (χ0v) is 15.1. The molecule has 0 aromatic heterocycles. The number of nitrogens with one attached hydrogen (secondary N) is 3. The molecule has 25 heavy (non-hydrogen) atoms. The summed E-state index contributed by atoms with van der Waals surface area (Å²) in [7, 11) is 0. The molecule has 3 N–H and O–H groups in total. The molecule has 0 radical (unpaired) electrons. The molecular weight excluding hydrogens is 342 g/mol. The number of hydrogen-bond donors (Lipinski definition) is 3. The van der Waals surface area contributed by atoms with E-state index in [4.69, 9.17) is 4.74 Å². The summed E-state index contributed by atoms with van der Waals surface area (Å²) in [6, 6.07) is 7.29. The van der Waals surface area contributed by atoms with Gasteiger partial charge in [0.2, 0.25) is 0 Å². The molecule has 3 rings (SSSR count). The standard InChI is InChI=1S/C18H25N3O3.ClH/c22-17(20-14-4-2-1-3-5-14)13-6-8-15(9-7-13)21-18(23)16-12-19-10-11-24-16;/h6-9,14,16,19H,1-5,10-12H2,(H,20,22)(H,21,23);1H. The number of carbonyl (C=O) groups is 2. The molecule has 1 heterocycles. The fraction of sp³-hybridized carbons (Fsp3) is 0.556.